The molecule has 2 heterocycles. The molecular weight excluding hydrogens is 283 g/mol. The summed E-state index contributed by atoms with van der Waals surface area (Å²) in [7, 11) is 0. The van der Waals surface area contributed by atoms with E-state index in [-0.39, 0.29) is 0 Å². The Morgan fingerprint density at radius 2 is 2.05 bits per heavy atom. The summed E-state index contributed by atoms with van der Waals surface area (Å²) in [6.45, 7) is 1.94. The van der Waals surface area contributed by atoms with Crippen LogP contribution in [0.1, 0.15) is 5.69 Å². The van der Waals surface area contributed by atoms with Crippen LogP contribution in [0.5, 0.6) is 0 Å². The first-order chi connectivity index (χ1) is 9.15. The van der Waals surface area contributed by atoms with E-state index in [1.54, 1.807) is 18.4 Å². The SMILES string of the molecule is Cc1[nH]c(-c2ccco2)nc1-c1ccc(Cl)cc1Cl. The first kappa shape index (κ1) is 12.3. The molecule has 2 aromatic heterocycles. The van der Waals surface area contributed by atoms with Gasteiger partial charge in [0.1, 0.15) is 0 Å². The minimum absolute atomic E-state index is 0.577. The molecular formula is C14H10Cl2N2O. The number of hydrogen-bond acceptors (Lipinski definition) is 2. The molecule has 0 radical (unpaired) electrons. The summed E-state index contributed by atoms with van der Waals surface area (Å²) in [5.74, 6) is 1.38. The van der Waals surface area contributed by atoms with Crippen LogP contribution in [0.4, 0.5) is 0 Å². The summed E-state index contributed by atoms with van der Waals surface area (Å²) >= 11 is 12.1. The Kier molecular flexibility index (Phi) is 3.09. The lowest BCUT2D eigenvalue weighted by Crippen LogP contribution is -1.83. The van der Waals surface area contributed by atoms with Gasteiger partial charge in [-0.25, -0.2) is 4.98 Å². The van der Waals surface area contributed by atoms with Crippen LogP contribution in [-0.2, 0) is 0 Å². The molecule has 3 nitrogen and oxygen atoms in total. The molecule has 19 heavy (non-hydrogen) atoms. The van der Waals surface area contributed by atoms with Crippen molar-refractivity contribution >= 4 is 23.2 Å². The first-order valence-corrected chi connectivity index (χ1v) is 6.46. The van der Waals surface area contributed by atoms with Gasteiger partial charge in [0.25, 0.3) is 0 Å². The molecule has 0 aliphatic carbocycles. The van der Waals surface area contributed by atoms with Gasteiger partial charge >= 0.3 is 0 Å². The first-order valence-electron chi connectivity index (χ1n) is 5.71. The fraction of sp³-hybridized carbons (Fsp3) is 0.0714. The molecule has 0 fully saturated rings. The Morgan fingerprint density at radius 3 is 2.74 bits per heavy atom. The number of H-pyrrole nitrogens is 1. The summed E-state index contributed by atoms with van der Waals surface area (Å²) < 4.78 is 5.33. The molecule has 5 heteroatoms. The van der Waals surface area contributed by atoms with E-state index in [1.165, 1.54) is 0 Å². The van der Waals surface area contributed by atoms with Crippen molar-refractivity contribution in [2.24, 2.45) is 0 Å². The van der Waals surface area contributed by atoms with Gasteiger partial charge in [-0.1, -0.05) is 23.2 Å². The summed E-state index contributed by atoms with van der Waals surface area (Å²) in [6, 6.07) is 9.04. The standard InChI is InChI=1S/C14H10Cl2N2O/c1-8-13(10-5-4-9(15)7-11(10)16)18-14(17-8)12-3-2-6-19-12/h2-7H,1H3,(H,17,18). The van der Waals surface area contributed by atoms with Crippen LogP contribution in [0.15, 0.2) is 41.0 Å². The molecule has 0 saturated carbocycles. The second-order valence-electron chi connectivity index (χ2n) is 4.16. The van der Waals surface area contributed by atoms with E-state index in [0.29, 0.717) is 21.6 Å². The summed E-state index contributed by atoms with van der Waals surface area (Å²) in [4.78, 5) is 7.73. The molecule has 1 aromatic carbocycles. The molecule has 0 spiro atoms. The van der Waals surface area contributed by atoms with E-state index in [4.69, 9.17) is 27.6 Å². The zero-order valence-electron chi connectivity index (χ0n) is 10.1. The fourth-order valence-corrected chi connectivity index (χ4v) is 2.43. The Bertz CT molecular complexity index is 717. The van der Waals surface area contributed by atoms with Gasteiger partial charge in [-0.15, -0.1) is 0 Å². The maximum atomic E-state index is 6.21. The predicted molar refractivity (Wildman–Crippen MR) is 76.5 cm³/mol. The number of nitrogens with one attached hydrogen (secondary N) is 1. The quantitative estimate of drug-likeness (QED) is 0.726. The summed E-state index contributed by atoms with van der Waals surface area (Å²) in [6.07, 6.45) is 1.61. The van der Waals surface area contributed by atoms with Crippen LogP contribution in [0, 0.1) is 6.92 Å². The van der Waals surface area contributed by atoms with Crippen LogP contribution in [0.2, 0.25) is 10.0 Å². The van der Waals surface area contributed by atoms with Gasteiger partial charge in [-0.2, -0.15) is 0 Å². The molecule has 0 amide bonds. The maximum Gasteiger partial charge on any atom is 0.174 e. The predicted octanol–water partition coefficient (Wildman–Crippen LogP) is 4.95. The van der Waals surface area contributed by atoms with Crippen LogP contribution < -0.4 is 0 Å². The lowest BCUT2D eigenvalue weighted by molar-refractivity contribution is 0.578. The third-order valence-electron chi connectivity index (χ3n) is 2.83. The molecule has 3 rings (SSSR count). The van der Waals surface area contributed by atoms with E-state index in [0.717, 1.165) is 17.0 Å². The van der Waals surface area contributed by atoms with Crippen LogP contribution >= 0.6 is 23.2 Å². The number of rotatable bonds is 2. The molecule has 96 valence electrons. The number of furan rings is 1. The highest BCUT2D eigenvalue weighted by molar-refractivity contribution is 6.36. The Balaban J connectivity index is 2.11. The Morgan fingerprint density at radius 1 is 1.21 bits per heavy atom. The van der Waals surface area contributed by atoms with Crippen molar-refractivity contribution in [2.45, 2.75) is 6.92 Å². The molecule has 0 saturated heterocycles. The van der Waals surface area contributed by atoms with Crippen molar-refractivity contribution < 1.29 is 4.42 Å². The zero-order chi connectivity index (χ0) is 13.4. The lowest BCUT2D eigenvalue weighted by Gasteiger charge is -2.02. The van der Waals surface area contributed by atoms with Crippen molar-refractivity contribution in [3.63, 3.8) is 0 Å². The van der Waals surface area contributed by atoms with E-state index < -0.39 is 0 Å². The van der Waals surface area contributed by atoms with Gasteiger partial charge in [-0.05, 0) is 37.3 Å². The highest BCUT2D eigenvalue weighted by atomic mass is 35.5. The second kappa shape index (κ2) is 4.76. The number of imidazole rings is 1. The lowest BCUT2D eigenvalue weighted by atomic mass is 10.1. The molecule has 0 aliphatic heterocycles. The number of benzene rings is 1. The summed E-state index contributed by atoms with van der Waals surface area (Å²) in [5, 5.41) is 1.18. The van der Waals surface area contributed by atoms with Gasteiger partial charge < -0.3 is 9.40 Å². The average Bonchev–Trinajstić information content (AvgIpc) is 2.98. The molecule has 0 aliphatic rings. The molecule has 0 atom stereocenters. The van der Waals surface area contributed by atoms with Crippen molar-refractivity contribution in [3.05, 3.63) is 52.3 Å². The monoisotopic (exact) mass is 292 g/mol. The number of halogens is 2. The van der Waals surface area contributed by atoms with Gasteiger partial charge in [-0.3, -0.25) is 0 Å². The van der Waals surface area contributed by atoms with Crippen molar-refractivity contribution in [3.8, 4) is 22.8 Å². The Labute approximate surface area is 120 Å². The molecule has 1 N–H and O–H groups in total. The number of nitrogens with zero attached hydrogens (tertiary/aromatic N) is 1. The van der Waals surface area contributed by atoms with Gasteiger partial charge in [0.2, 0.25) is 0 Å². The molecule has 0 unspecified atom stereocenters. The largest absolute Gasteiger partial charge is 0.461 e. The second-order valence-corrected chi connectivity index (χ2v) is 5.00. The number of aromatic nitrogens is 2. The maximum absolute atomic E-state index is 6.21. The van der Waals surface area contributed by atoms with Gasteiger partial charge in [0, 0.05) is 16.3 Å². The minimum Gasteiger partial charge on any atom is -0.461 e. The van der Waals surface area contributed by atoms with Crippen LogP contribution in [0.3, 0.4) is 0 Å². The third-order valence-corrected chi connectivity index (χ3v) is 3.37. The van der Waals surface area contributed by atoms with Crippen molar-refractivity contribution in [2.75, 3.05) is 0 Å². The number of aryl methyl sites for hydroxylation is 1. The average molecular weight is 293 g/mol. The van der Waals surface area contributed by atoms with Crippen molar-refractivity contribution in [1.29, 1.82) is 0 Å². The highest BCUT2D eigenvalue weighted by Gasteiger charge is 2.14. The third kappa shape index (κ3) is 2.27. The zero-order valence-corrected chi connectivity index (χ0v) is 11.6. The molecule has 3 aromatic rings. The normalized spacial score (nSPS) is 10.9. The van der Waals surface area contributed by atoms with Crippen LogP contribution in [0.25, 0.3) is 22.8 Å². The molecule has 0 bridgehead atoms. The topological polar surface area (TPSA) is 41.8 Å². The van der Waals surface area contributed by atoms with Crippen molar-refractivity contribution in [1.82, 2.24) is 9.97 Å². The smallest absolute Gasteiger partial charge is 0.174 e. The number of aromatic amines is 1. The fourth-order valence-electron chi connectivity index (χ4n) is 1.93. The van der Waals surface area contributed by atoms with Crippen LogP contribution in [-0.4, -0.2) is 9.97 Å². The van der Waals surface area contributed by atoms with E-state index in [2.05, 4.69) is 9.97 Å². The van der Waals surface area contributed by atoms with E-state index in [9.17, 15) is 0 Å². The highest BCUT2D eigenvalue weighted by Crippen LogP contribution is 2.32. The Hall–Kier alpha value is -1.71. The van der Waals surface area contributed by atoms with E-state index >= 15 is 0 Å². The van der Waals surface area contributed by atoms with E-state index in [1.807, 2.05) is 25.1 Å². The summed E-state index contributed by atoms with van der Waals surface area (Å²) in [5.41, 5.74) is 2.57. The van der Waals surface area contributed by atoms with Gasteiger partial charge in [0.05, 0.1) is 17.0 Å². The minimum atomic E-state index is 0.577. The number of hydrogen-bond donors (Lipinski definition) is 1. The van der Waals surface area contributed by atoms with Gasteiger partial charge in [0.15, 0.2) is 11.6 Å².